The summed E-state index contributed by atoms with van der Waals surface area (Å²) in [5.41, 5.74) is 2.61. The summed E-state index contributed by atoms with van der Waals surface area (Å²) in [4.78, 5) is 4.44. The molecule has 1 atom stereocenters. The van der Waals surface area contributed by atoms with Gasteiger partial charge in [0.15, 0.2) is 0 Å². The van der Waals surface area contributed by atoms with Gasteiger partial charge in [-0.3, -0.25) is 0 Å². The minimum absolute atomic E-state index is 0.671. The number of hydrogen-bond donors (Lipinski definition) is 1. The van der Waals surface area contributed by atoms with Crippen LogP contribution in [0.3, 0.4) is 0 Å². The summed E-state index contributed by atoms with van der Waals surface area (Å²) < 4.78 is 0. The van der Waals surface area contributed by atoms with Gasteiger partial charge in [0.25, 0.3) is 0 Å². The minimum Gasteiger partial charge on any atom is -0.311 e. The second-order valence-electron chi connectivity index (χ2n) is 3.95. The lowest BCUT2D eigenvalue weighted by atomic mass is 10.0. The number of nitrogens with one attached hydrogen (secondary N) is 1. The molecule has 76 valence electrons. The van der Waals surface area contributed by atoms with Crippen molar-refractivity contribution in [1.82, 2.24) is 10.3 Å². The number of rotatable bonds is 1. The molecule has 0 bridgehead atoms. The highest BCUT2D eigenvalue weighted by Crippen LogP contribution is 2.18. The Morgan fingerprint density at radius 1 is 1.64 bits per heavy atom. The second-order valence-corrected chi connectivity index (χ2v) is 4.84. The van der Waals surface area contributed by atoms with E-state index in [4.69, 9.17) is 0 Å². The van der Waals surface area contributed by atoms with Crippen molar-refractivity contribution in [2.45, 2.75) is 32.7 Å². The Morgan fingerprint density at radius 2 is 2.50 bits per heavy atom. The van der Waals surface area contributed by atoms with Crippen LogP contribution in [-0.4, -0.2) is 17.6 Å². The van der Waals surface area contributed by atoms with Gasteiger partial charge in [0.2, 0.25) is 0 Å². The van der Waals surface area contributed by atoms with Crippen LogP contribution in [0.2, 0.25) is 0 Å². The predicted molar refractivity (Wildman–Crippen MR) is 61.5 cm³/mol. The van der Waals surface area contributed by atoms with Gasteiger partial charge >= 0.3 is 0 Å². The van der Waals surface area contributed by atoms with Gasteiger partial charge in [-0.1, -0.05) is 5.57 Å². The van der Waals surface area contributed by atoms with Gasteiger partial charge in [-0.15, -0.1) is 11.3 Å². The van der Waals surface area contributed by atoms with Gasteiger partial charge in [0.1, 0.15) is 5.01 Å². The van der Waals surface area contributed by atoms with Gasteiger partial charge in [-0.2, -0.15) is 0 Å². The quantitative estimate of drug-likeness (QED) is 0.767. The summed E-state index contributed by atoms with van der Waals surface area (Å²) in [5, 5.41) is 6.72. The Morgan fingerprint density at radius 3 is 3.07 bits per heavy atom. The first kappa shape index (κ1) is 9.87. The van der Waals surface area contributed by atoms with Crippen LogP contribution in [0.1, 0.15) is 30.5 Å². The molecule has 0 radical (unpaired) electrons. The molecule has 2 rings (SSSR count). The summed E-state index contributed by atoms with van der Waals surface area (Å²) in [7, 11) is 0. The van der Waals surface area contributed by atoms with Crippen LogP contribution in [0.4, 0.5) is 0 Å². The lowest BCUT2D eigenvalue weighted by Gasteiger charge is -2.21. The van der Waals surface area contributed by atoms with E-state index in [2.05, 4.69) is 28.7 Å². The number of hydrogen-bond acceptors (Lipinski definition) is 3. The molecule has 1 aromatic heterocycles. The molecule has 14 heavy (non-hydrogen) atoms. The van der Waals surface area contributed by atoms with Crippen molar-refractivity contribution < 1.29 is 0 Å². The normalized spacial score (nSPS) is 25.6. The zero-order valence-electron chi connectivity index (χ0n) is 8.71. The van der Waals surface area contributed by atoms with Crippen molar-refractivity contribution >= 4 is 17.4 Å². The minimum atomic E-state index is 0.671. The number of aryl methyl sites for hydroxylation is 1. The van der Waals surface area contributed by atoms with Crippen molar-refractivity contribution in [3.05, 3.63) is 21.7 Å². The number of thiazole rings is 1. The average molecular weight is 208 g/mol. The molecule has 2 heterocycles. The molecule has 0 aromatic carbocycles. The fourth-order valence-electron chi connectivity index (χ4n) is 1.63. The number of nitrogens with zero attached hydrogens (tertiary/aromatic N) is 1. The first-order valence-electron chi connectivity index (χ1n) is 5.09. The zero-order valence-corrected chi connectivity index (χ0v) is 9.53. The van der Waals surface area contributed by atoms with Crippen molar-refractivity contribution in [2.75, 3.05) is 6.54 Å². The molecule has 1 N–H and O–H groups in total. The Bertz CT molecular complexity index is 331. The standard InChI is InChI=1S/C11H16N2S/c1-8-3-4-10(6-12-8)5-11-13-9(2)7-14-11/h5,7-8,12H,3-4,6H2,1-2H3/b10-5+. The largest absolute Gasteiger partial charge is 0.311 e. The molecule has 1 aromatic rings. The van der Waals surface area contributed by atoms with Gasteiger partial charge in [0.05, 0.1) is 0 Å². The fraction of sp³-hybridized carbons (Fsp3) is 0.545. The molecule has 0 spiro atoms. The lowest BCUT2D eigenvalue weighted by Crippen LogP contribution is -2.32. The van der Waals surface area contributed by atoms with E-state index in [0.29, 0.717) is 6.04 Å². The van der Waals surface area contributed by atoms with E-state index in [0.717, 1.165) is 17.2 Å². The van der Waals surface area contributed by atoms with Crippen LogP contribution >= 0.6 is 11.3 Å². The molecular weight excluding hydrogens is 192 g/mol. The molecule has 3 heteroatoms. The van der Waals surface area contributed by atoms with E-state index >= 15 is 0 Å². The Balaban J connectivity index is 2.04. The first-order chi connectivity index (χ1) is 6.74. The third-order valence-electron chi connectivity index (χ3n) is 2.54. The van der Waals surface area contributed by atoms with E-state index < -0.39 is 0 Å². The molecule has 2 nitrogen and oxygen atoms in total. The summed E-state index contributed by atoms with van der Waals surface area (Å²) in [6.07, 6.45) is 4.69. The summed E-state index contributed by atoms with van der Waals surface area (Å²) in [5.74, 6) is 0. The van der Waals surface area contributed by atoms with E-state index in [1.807, 2.05) is 6.92 Å². The van der Waals surface area contributed by atoms with Gasteiger partial charge in [-0.25, -0.2) is 4.98 Å². The Kier molecular flexibility index (Phi) is 2.99. The van der Waals surface area contributed by atoms with Crippen molar-refractivity contribution in [1.29, 1.82) is 0 Å². The molecule has 1 aliphatic rings. The van der Waals surface area contributed by atoms with Crippen molar-refractivity contribution in [3.63, 3.8) is 0 Å². The maximum atomic E-state index is 4.44. The fourth-order valence-corrected chi connectivity index (χ4v) is 2.41. The molecule has 1 saturated heterocycles. The molecule has 0 saturated carbocycles. The van der Waals surface area contributed by atoms with Gasteiger partial charge < -0.3 is 5.32 Å². The maximum Gasteiger partial charge on any atom is 0.116 e. The van der Waals surface area contributed by atoms with Crippen LogP contribution in [0.5, 0.6) is 0 Å². The highest BCUT2D eigenvalue weighted by molar-refractivity contribution is 7.10. The van der Waals surface area contributed by atoms with Crippen LogP contribution in [-0.2, 0) is 0 Å². The summed E-state index contributed by atoms with van der Waals surface area (Å²) in [6, 6.07) is 0.671. The highest BCUT2D eigenvalue weighted by Gasteiger charge is 2.11. The van der Waals surface area contributed by atoms with Crippen LogP contribution in [0.15, 0.2) is 11.0 Å². The predicted octanol–water partition coefficient (Wildman–Crippen LogP) is 2.61. The van der Waals surface area contributed by atoms with E-state index in [1.54, 1.807) is 11.3 Å². The summed E-state index contributed by atoms with van der Waals surface area (Å²) in [6.45, 7) is 5.31. The monoisotopic (exact) mass is 208 g/mol. The van der Waals surface area contributed by atoms with E-state index in [9.17, 15) is 0 Å². The van der Waals surface area contributed by atoms with Crippen LogP contribution in [0, 0.1) is 6.92 Å². The Labute approximate surface area is 89.1 Å². The average Bonchev–Trinajstić information content (AvgIpc) is 2.56. The molecule has 0 aliphatic carbocycles. The van der Waals surface area contributed by atoms with Gasteiger partial charge in [0, 0.05) is 23.7 Å². The molecular formula is C11H16N2S. The molecule has 1 aliphatic heterocycles. The van der Waals surface area contributed by atoms with Crippen LogP contribution in [0.25, 0.3) is 6.08 Å². The SMILES string of the molecule is Cc1csc(/C=C2\CCC(C)NC2)n1. The Hall–Kier alpha value is -0.670. The number of aromatic nitrogens is 1. The highest BCUT2D eigenvalue weighted by atomic mass is 32.1. The van der Waals surface area contributed by atoms with Crippen molar-refractivity contribution in [3.8, 4) is 0 Å². The topological polar surface area (TPSA) is 24.9 Å². The molecule has 1 fully saturated rings. The van der Waals surface area contributed by atoms with Crippen LogP contribution < -0.4 is 5.32 Å². The third kappa shape index (κ3) is 2.42. The number of piperidine rings is 1. The van der Waals surface area contributed by atoms with Crippen molar-refractivity contribution in [2.24, 2.45) is 0 Å². The third-order valence-corrected chi connectivity index (χ3v) is 3.45. The first-order valence-corrected chi connectivity index (χ1v) is 5.97. The molecule has 0 amide bonds. The van der Waals surface area contributed by atoms with Gasteiger partial charge in [-0.05, 0) is 32.8 Å². The zero-order chi connectivity index (χ0) is 9.97. The second kappa shape index (κ2) is 4.24. The molecule has 1 unspecified atom stereocenters. The van der Waals surface area contributed by atoms with E-state index in [1.165, 1.54) is 18.4 Å². The summed E-state index contributed by atoms with van der Waals surface area (Å²) >= 11 is 1.73. The lowest BCUT2D eigenvalue weighted by molar-refractivity contribution is 0.488. The van der Waals surface area contributed by atoms with E-state index in [-0.39, 0.29) is 0 Å². The maximum absolute atomic E-state index is 4.44. The smallest absolute Gasteiger partial charge is 0.116 e.